The number of piperidine rings is 1. The van der Waals surface area contributed by atoms with Crippen molar-refractivity contribution < 1.29 is 4.79 Å². The number of aromatic nitrogens is 3. The van der Waals surface area contributed by atoms with Gasteiger partial charge in [-0.2, -0.15) is 5.10 Å². The van der Waals surface area contributed by atoms with Crippen LogP contribution in [0, 0.1) is 5.92 Å². The van der Waals surface area contributed by atoms with Crippen molar-refractivity contribution in [1.82, 2.24) is 19.2 Å². The zero-order valence-electron chi connectivity index (χ0n) is 13.7. The maximum absolute atomic E-state index is 12.6. The third-order valence-electron chi connectivity index (χ3n) is 4.96. The normalized spacial score (nSPS) is 15.9. The number of nitrogens with zero attached hydrogens (tertiary/aromatic N) is 4. The van der Waals surface area contributed by atoms with E-state index in [-0.39, 0.29) is 5.91 Å². The molecule has 0 N–H and O–H groups in total. The molecule has 0 spiro atoms. The van der Waals surface area contributed by atoms with E-state index in [2.05, 4.69) is 23.3 Å². The van der Waals surface area contributed by atoms with Gasteiger partial charge in [-0.3, -0.25) is 9.48 Å². The summed E-state index contributed by atoms with van der Waals surface area (Å²) in [6.45, 7) is 3.09. The van der Waals surface area contributed by atoms with E-state index < -0.39 is 0 Å². The molecule has 0 radical (unpaired) electrons. The van der Waals surface area contributed by atoms with Gasteiger partial charge < -0.3 is 9.47 Å². The fourth-order valence-corrected chi connectivity index (χ4v) is 3.56. The summed E-state index contributed by atoms with van der Waals surface area (Å²) in [4.78, 5) is 14.6. The van der Waals surface area contributed by atoms with Crippen LogP contribution in [-0.4, -0.2) is 38.2 Å². The lowest BCUT2D eigenvalue weighted by atomic mass is 9.97. The Bertz CT molecular complexity index is 813. The van der Waals surface area contributed by atoms with Gasteiger partial charge in [0.1, 0.15) is 6.54 Å². The van der Waals surface area contributed by atoms with Crippen molar-refractivity contribution in [3.8, 4) is 0 Å². The number of fused-ring (bicyclic) bond motifs is 1. The van der Waals surface area contributed by atoms with E-state index >= 15 is 0 Å². The summed E-state index contributed by atoms with van der Waals surface area (Å²) in [5, 5.41) is 5.46. The number of likely N-dealkylation sites (tertiary alicyclic amines) is 1. The van der Waals surface area contributed by atoms with Crippen LogP contribution in [0.2, 0.25) is 0 Å². The molecular weight excluding hydrogens is 300 g/mol. The number of hydrogen-bond donors (Lipinski definition) is 0. The number of carbonyl (C=O) groups excluding carboxylic acids is 1. The first kappa shape index (κ1) is 15.0. The van der Waals surface area contributed by atoms with Gasteiger partial charge in [0, 0.05) is 43.7 Å². The van der Waals surface area contributed by atoms with Gasteiger partial charge in [0.25, 0.3) is 0 Å². The van der Waals surface area contributed by atoms with Crippen LogP contribution in [0.1, 0.15) is 12.8 Å². The second kappa shape index (κ2) is 6.51. The van der Waals surface area contributed by atoms with Crippen molar-refractivity contribution >= 4 is 16.8 Å². The van der Waals surface area contributed by atoms with Gasteiger partial charge in [-0.1, -0.05) is 18.2 Å². The molecular formula is C19H22N4O. The first-order valence-corrected chi connectivity index (χ1v) is 8.59. The lowest BCUT2D eigenvalue weighted by Crippen LogP contribution is -2.40. The molecule has 1 fully saturated rings. The van der Waals surface area contributed by atoms with E-state index in [4.69, 9.17) is 0 Å². The molecule has 1 aliphatic heterocycles. The van der Waals surface area contributed by atoms with Crippen LogP contribution in [0.15, 0.2) is 55.0 Å². The molecule has 5 nitrogen and oxygen atoms in total. The Labute approximate surface area is 141 Å². The maximum atomic E-state index is 12.6. The smallest absolute Gasteiger partial charge is 0.242 e. The zero-order chi connectivity index (χ0) is 16.4. The van der Waals surface area contributed by atoms with E-state index in [1.807, 2.05) is 50.9 Å². The average Bonchev–Trinajstić information content (AvgIpc) is 3.26. The molecule has 3 heterocycles. The van der Waals surface area contributed by atoms with Crippen LogP contribution in [0.5, 0.6) is 0 Å². The summed E-state index contributed by atoms with van der Waals surface area (Å²) in [5.41, 5.74) is 1.12. The van der Waals surface area contributed by atoms with Crippen LogP contribution < -0.4 is 0 Å². The molecule has 1 saturated heterocycles. The standard InChI is InChI=1S/C19H22N4O/c24-19(15-22-13-8-17-4-1-2-5-18(17)22)21-11-6-16(7-12-21)14-23-10-3-9-20-23/h1-5,8-10,13,16H,6-7,11-12,14-15H2. The minimum absolute atomic E-state index is 0.217. The Morgan fingerprint density at radius 2 is 1.92 bits per heavy atom. The molecule has 5 heteroatoms. The fourth-order valence-electron chi connectivity index (χ4n) is 3.56. The number of amides is 1. The van der Waals surface area contributed by atoms with Crippen LogP contribution in [0.25, 0.3) is 10.9 Å². The molecule has 0 bridgehead atoms. The Kier molecular flexibility index (Phi) is 4.07. The number of para-hydroxylation sites is 1. The quantitative estimate of drug-likeness (QED) is 0.741. The molecule has 1 aliphatic rings. The third-order valence-corrected chi connectivity index (χ3v) is 4.96. The predicted molar refractivity (Wildman–Crippen MR) is 93.5 cm³/mol. The second-order valence-electron chi connectivity index (χ2n) is 6.55. The Morgan fingerprint density at radius 3 is 2.71 bits per heavy atom. The number of carbonyl (C=O) groups is 1. The summed E-state index contributed by atoms with van der Waals surface area (Å²) < 4.78 is 4.04. The molecule has 0 unspecified atom stereocenters. The van der Waals surface area contributed by atoms with E-state index in [0.29, 0.717) is 12.5 Å². The van der Waals surface area contributed by atoms with Gasteiger partial charge >= 0.3 is 0 Å². The van der Waals surface area contributed by atoms with Crippen molar-refractivity contribution in [2.45, 2.75) is 25.9 Å². The van der Waals surface area contributed by atoms with Gasteiger partial charge in [-0.25, -0.2) is 0 Å². The van der Waals surface area contributed by atoms with Gasteiger partial charge in [0.15, 0.2) is 0 Å². The molecule has 1 amide bonds. The number of hydrogen-bond acceptors (Lipinski definition) is 2. The number of benzene rings is 1. The van der Waals surface area contributed by atoms with Crippen molar-refractivity contribution in [3.63, 3.8) is 0 Å². The van der Waals surface area contributed by atoms with Crippen LogP contribution in [0.3, 0.4) is 0 Å². The summed E-state index contributed by atoms with van der Waals surface area (Å²) in [6.07, 6.45) is 7.94. The highest BCUT2D eigenvalue weighted by Gasteiger charge is 2.23. The van der Waals surface area contributed by atoms with Crippen LogP contribution in [0.4, 0.5) is 0 Å². The highest BCUT2D eigenvalue weighted by molar-refractivity contribution is 5.83. The van der Waals surface area contributed by atoms with E-state index in [9.17, 15) is 4.79 Å². The van der Waals surface area contributed by atoms with E-state index in [1.54, 1.807) is 0 Å². The van der Waals surface area contributed by atoms with Crippen molar-refractivity contribution in [3.05, 3.63) is 55.0 Å². The van der Waals surface area contributed by atoms with E-state index in [1.165, 1.54) is 5.39 Å². The van der Waals surface area contributed by atoms with Crippen LogP contribution in [-0.2, 0) is 17.9 Å². The minimum Gasteiger partial charge on any atom is -0.341 e. The monoisotopic (exact) mass is 322 g/mol. The van der Waals surface area contributed by atoms with Crippen molar-refractivity contribution in [2.24, 2.45) is 5.92 Å². The molecule has 24 heavy (non-hydrogen) atoms. The Balaban J connectivity index is 1.34. The van der Waals surface area contributed by atoms with Crippen molar-refractivity contribution in [1.29, 1.82) is 0 Å². The second-order valence-corrected chi connectivity index (χ2v) is 6.55. The Hall–Kier alpha value is -2.56. The third kappa shape index (κ3) is 3.07. The summed E-state index contributed by atoms with van der Waals surface area (Å²) in [5.74, 6) is 0.829. The largest absolute Gasteiger partial charge is 0.341 e. The SMILES string of the molecule is O=C(Cn1ccc2ccccc21)N1CCC(Cn2cccn2)CC1. The molecule has 2 aromatic heterocycles. The summed E-state index contributed by atoms with van der Waals surface area (Å²) >= 11 is 0. The molecule has 0 aliphatic carbocycles. The predicted octanol–water partition coefficient (Wildman–Crippen LogP) is 2.78. The molecule has 124 valence electrons. The van der Waals surface area contributed by atoms with Gasteiger partial charge in [0.2, 0.25) is 5.91 Å². The lowest BCUT2D eigenvalue weighted by Gasteiger charge is -2.32. The molecule has 0 atom stereocenters. The fraction of sp³-hybridized carbons (Fsp3) is 0.368. The zero-order valence-corrected chi connectivity index (χ0v) is 13.7. The number of rotatable bonds is 4. The van der Waals surface area contributed by atoms with Gasteiger partial charge in [-0.15, -0.1) is 0 Å². The molecule has 1 aromatic carbocycles. The first-order chi connectivity index (χ1) is 11.8. The van der Waals surface area contributed by atoms with Crippen molar-refractivity contribution in [2.75, 3.05) is 13.1 Å². The van der Waals surface area contributed by atoms with E-state index in [0.717, 1.165) is 38.0 Å². The highest BCUT2D eigenvalue weighted by atomic mass is 16.2. The summed E-state index contributed by atoms with van der Waals surface area (Å²) in [6, 6.07) is 12.2. The summed E-state index contributed by atoms with van der Waals surface area (Å²) in [7, 11) is 0. The average molecular weight is 322 g/mol. The minimum atomic E-state index is 0.217. The lowest BCUT2D eigenvalue weighted by molar-refractivity contribution is -0.133. The van der Waals surface area contributed by atoms with Gasteiger partial charge in [0.05, 0.1) is 0 Å². The first-order valence-electron chi connectivity index (χ1n) is 8.59. The highest BCUT2D eigenvalue weighted by Crippen LogP contribution is 2.20. The topological polar surface area (TPSA) is 43.1 Å². The van der Waals surface area contributed by atoms with Gasteiger partial charge in [-0.05, 0) is 42.3 Å². The Morgan fingerprint density at radius 1 is 1.08 bits per heavy atom. The molecule has 4 rings (SSSR count). The molecule has 0 saturated carbocycles. The maximum Gasteiger partial charge on any atom is 0.242 e. The molecule has 3 aromatic rings. The van der Waals surface area contributed by atoms with Crippen LogP contribution >= 0.6 is 0 Å².